The number of hydrogen-bond donors (Lipinski definition) is 2. The number of carbonyl (C=O) groups is 2. The van der Waals surface area contributed by atoms with Crippen LogP contribution in [0.2, 0.25) is 0 Å². The van der Waals surface area contributed by atoms with Gasteiger partial charge in [0, 0.05) is 19.0 Å². The number of nitrogens with zero attached hydrogens (tertiary/aromatic N) is 2. The van der Waals surface area contributed by atoms with Crippen LogP contribution < -0.4 is 15.5 Å². The molecule has 1 aromatic heterocycles. The normalized spacial score (nSPS) is 15.6. The first-order chi connectivity index (χ1) is 15.5. The number of amides is 2. The monoisotopic (exact) mass is 438 g/mol. The predicted octanol–water partition coefficient (Wildman–Crippen LogP) is 3.23. The van der Waals surface area contributed by atoms with Crippen LogP contribution in [-0.2, 0) is 22.6 Å². The summed E-state index contributed by atoms with van der Waals surface area (Å²) in [5.41, 5.74) is 2.64. The van der Waals surface area contributed by atoms with Crippen LogP contribution in [0, 0.1) is 5.82 Å². The van der Waals surface area contributed by atoms with Gasteiger partial charge in [-0.2, -0.15) is 0 Å². The standard InChI is InChI=1S/C23H23FN4O4/c1-15(29)27-12-20-13-28(23(30)32-20)18-6-7-21(22(24)8-18)17-4-2-16(3-5-17)9-25-10-19-11-26-14-31-19/h2-8,11,14,20,25H,9-10,12-13H2,1H3,(H,27,29)/t20-/m0/s1. The van der Waals surface area contributed by atoms with Crippen LogP contribution >= 0.6 is 0 Å². The van der Waals surface area contributed by atoms with E-state index in [4.69, 9.17) is 9.15 Å². The summed E-state index contributed by atoms with van der Waals surface area (Å²) >= 11 is 0. The Balaban J connectivity index is 1.38. The van der Waals surface area contributed by atoms with E-state index in [-0.39, 0.29) is 19.0 Å². The fourth-order valence-electron chi connectivity index (χ4n) is 3.46. The highest BCUT2D eigenvalue weighted by atomic mass is 19.1. The molecule has 2 heterocycles. The van der Waals surface area contributed by atoms with E-state index in [1.165, 1.54) is 24.3 Å². The van der Waals surface area contributed by atoms with Crippen LogP contribution in [0.1, 0.15) is 18.2 Å². The average Bonchev–Trinajstić information content (AvgIpc) is 3.42. The van der Waals surface area contributed by atoms with E-state index in [9.17, 15) is 14.0 Å². The molecule has 1 saturated heterocycles. The minimum atomic E-state index is -0.560. The molecule has 0 radical (unpaired) electrons. The first-order valence-corrected chi connectivity index (χ1v) is 10.2. The Hall–Kier alpha value is -3.72. The van der Waals surface area contributed by atoms with E-state index in [0.29, 0.717) is 24.3 Å². The van der Waals surface area contributed by atoms with Crippen molar-refractivity contribution in [2.75, 3.05) is 18.0 Å². The van der Waals surface area contributed by atoms with Crippen molar-refractivity contribution < 1.29 is 23.1 Å². The van der Waals surface area contributed by atoms with E-state index < -0.39 is 18.0 Å². The van der Waals surface area contributed by atoms with E-state index >= 15 is 0 Å². The SMILES string of the molecule is CC(=O)NC[C@H]1CN(c2ccc(-c3ccc(CNCc4cnco4)cc3)c(F)c2)C(=O)O1. The van der Waals surface area contributed by atoms with Gasteiger partial charge in [0.05, 0.1) is 31.5 Å². The average molecular weight is 438 g/mol. The van der Waals surface area contributed by atoms with Crippen LogP contribution in [0.3, 0.4) is 0 Å². The third kappa shape index (κ3) is 5.12. The lowest BCUT2D eigenvalue weighted by molar-refractivity contribution is -0.119. The third-order valence-electron chi connectivity index (χ3n) is 5.09. The highest BCUT2D eigenvalue weighted by molar-refractivity contribution is 5.90. The van der Waals surface area contributed by atoms with Gasteiger partial charge in [-0.05, 0) is 29.3 Å². The Morgan fingerprint density at radius 2 is 2.03 bits per heavy atom. The van der Waals surface area contributed by atoms with Gasteiger partial charge in [-0.3, -0.25) is 9.69 Å². The largest absolute Gasteiger partial charge is 0.447 e. The van der Waals surface area contributed by atoms with Crippen molar-refractivity contribution in [3.8, 4) is 11.1 Å². The summed E-state index contributed by atoms with van der Waals surface area (Å²) in [4.78, 5) is 28.4. The number of ether oxygens (including phenoxy) is 1. The number of carbonyl (C=O) groups excluding carboxylic acids is 2. The van der Waals surface area contributed by atoms with Gasteiger partial charge >= 0.3 is 6.09 Å². The maximum atomic E-state index is 14.9. The van der Waals surface area contributed by atoms with Crippen molar-refractivity contribution in [1.29, 1.82) is 0 Å². The molecule has 2 N–H and O–H groups in total. The molecule has 8 nitrogen and oxygen atoms in total. The molecule has 9 heteroatoms. The first kappa shape index (κ1) is 21.5. The van der Waals surface area contributed by atoms with Gasteiger partial charge in [-0.15, -0.1) is 0 Å². The number of oxazole rings is 1. The molecular formula is C23H23FN4O4. The zero-order valence-electron chi connectivity index (χ0n) is 17.5. The predicted molar refractivity (Wildman–Crippen MR) is 115 cm³/mol. The Morgan fingerprint density at radius 1 is 1.22 bits per heavy atom. The number of nitrogens with one attached hydrogen (secondary N) is 2. The van der Waals surface area contributed by atoms with Gasteiger partial charge in [-0.25, -0.2) is 14.2 Å². The summed E-state index contributed by atoms with van der Waals surface area (Å²) < 4.78 is 25.3. The summed E-state index contributed by atoms with van der Waals surface area (Å²) in [5.74, 6) is 0.121. The lowest BCUT2D eigenvalue weighted by atomic mass is 10.0. The van der Waals surface area contributed by atoms with Crippen LogP contribution in [0.15, 0.2) is 59.5 Å². The van der Waals surface area contributed by atoms with Crippen molar-refractivity contribution in [1.82, 2.24) is 15.6 Å². The second-order valence-electron chi connectivity index (χ2n) is 7.49. The quantitative estimate of drug-likeness (QED) is 0.561. The van der Waals surface area contributed by atoms with Crippen molar-refractivity contribution in [2.45, 2.75) is 26.1 Å². The second-order valence-corrected chi connectivity index (χ2v) is 7.49. The molecule has 2 aromatic carbocycles. The highest BCUT2D eigenvalue weighted by Crippen LogP contribution is 2.29. The van der Waals surface area contributed by atoms with Gasteiger partial charge in [0.15, 0.2) is 6.39 Å². The van der Waals surface area contributed by atoms with Crippen molar-refractivity contribution in [2.24, 2.45) is 0 Å². The number of rotatable bonds is 8. The fourth-order valence-corrected chi connectivity index (χ4v) is 3.46. The second kappa shape index (κ2) is 9.61. The molecule has 32 heavy (non-hydrogen) atoms. The van der Waals surface area contributed by atoms with Gasteiger partial charge in [0.1, 0.15) is 17.7 Å². The molecule has 166 valence electrons. The van der Waals surface area contributed by atoms with E-state index in [1.54, 1.807) is 18.3 Å². The zero-order valence-corrected chi connectivity index (χ0v) is 17.5. The maximum absolute atomic E-state index is 14.9. The molecule has 4 rings (SSSR count). The zero-order chi connectivity index (χ0) is 22.5. The van der Waals surface area contributed by atoms with Gasteiger partial charge in [-0.1, -0.05) is 24.3 Å². The number of aromatic nitrogens is 1. The molecule has 0 saturated carbocycles. The fraction of sp³-hybridized carbons (Fsp3) is 0.261. The Kier molecular flexibility index (Phi) is 6.46. The molecule has 2 amide bonds. The minimum absolute atomic E-state index is 0.202. The van der Waals surface area contributed by atoms with Gasteiger partial charge in [0.25, 0.3) is 0 Å². The molecule has 0 aliphatic carbocycles. The Bertz CT molecular complexity index is 1090. The number of anilines is 1. The Labute approximate surface area is 184 Å². The molecular weight excluding hydrogens is 415 g/mol. The molecule has 3 aromatic rings. The lowest BCUT2D eigenvalue weighted by Crippen LogP contribution is -2.33. The minimum Gasteiger partial charge on any atom is -0.447 e. The molecule has 1 aliphatic rings. The summed E-state index contributed by atoms with van der Waals surface area (Å²) in [6.45, 7) is 3.07. The molecule has 1 atom stereocenters. The van der Waals surface area contributed by atoms with E-state index in [1.807, 2.05) is 24.3 Å². The molecule has 0 spiro atoms. The van der Waals surface area contributed by atoms with E-state index in [2.05, 4.69) is 15.6 Å². The maximum Gasteiger partial charge on any atom is 0.414 e. The van der Waals surface area contributed by atoms with Crippen LogP contribution in [-0.4, -0.2) is 36.2 Å². The number of halogens is 1. The van der Waals surface area contributed by atoms with Crippen molar-refractivity contribution in [3.63, 3.8) is 0 Å². The third-order valence-corrected chi connectivity index (χ3v) is 5.09. The molecule has 0 unspecified atom stereocenters. The van der Waals surface area contributed by atoms with Gasteiger partial charge < -0.3 is 19.8 Å². The van der Waals surface area contributed by atoms with Gasteiger partial charge in [0.2, 0.25) is 5.91 Å². The highest BCUT2D eigenvalue weighted by Gasteiger charge is 2.32. The number of hydrogen-bond acceptors (Lipinski definition) is 6. The molecule has 1 aliphatic heterocycles. The summed E-state index contributed by atoms with van der Waals surface area (Å²) in [7, 11) is 0. The Morgan fingerprint density at radius 3 is 2.72 bits per heavy atom. The van der Waals surface area contributed by atoms with Crippen molar-refractivity contribution in [3.05, 3.63) is 72.2 Å². The first-order valence-electron chi connectivity index (χ1n) is 10.2. The summed E-state index contributed by atoms with van der Waals surface area (Å²) in [6, 6.07) is 12.2. The number of benzene rings is 2. The molecule has 0 bridgehead atoms. The number of cyclic esters (lactones) is 1. The summed E-state index contributed by atoms with van der Waals surface area (Å²) in [5, 5.41) is 5.87. The van der Waals surface area contributed by atoms with Crippen LogP contribution in [0.25, 0.3) is 11.1 Å². The van der Waals surface area contributed by atoms with Crippen LogP contribution in [0.5, 0.6) is 0 Å². The molecule has 1 fully saturated rings. The van der Waals surface area contributed by atoms with E-state index in [0.717, 1.165) is 16.9 Å². The smallest absolute Gasteiger partial charge is 0.414 e. The van der Waals surface area contributed by atoms with Crippen molar-refractivity contribution >= 4 is 17.7 Å². The summed E-state index contributed by atoms with van der Waals surface area (Å²) in [6.07, 6.45) is 2.02. The topological polar surface area (TPSA) is 96.7 Å². The van der Waals surface area contributed by atoms with Crippen LogP contribution in [0.4, 0.5) is 14.9 Å². The lowest BCUT2D eigenvalue weighted by Gasteiger charge is -2.15.